The Morgan fingerprint density at radius 1 is 1.09 bits per heavy atom. The van der Waals surface area contributed by atoms with Crippen LogP contribution in [0.25, 0.3) is 0 Å². The first-order valence-corrected chi connectivity index (χ1v) is 12.7. The van der Waals surface area contributed by atoms with Gasteiger partial charge in [0.15, 0.2) is 0 Å². The molecule has 184 valence electrons. The van der Waals surface area contributed by atoms with Crippen LogP contribution in [0.2, 0.25) is 0 Å². The molecule has 0 radical (unpaired) electrons. The third kappa shape index (κ3) is 4.99. The monoisotopic (exact) mass is 494 g/mol. The van der Waals surface area contributed by atoms with E-state index in [9.17, 15) is 21.6 Å². The Morgan fingerprint density at radius 2 is 1.76 bits per heavy atom. The van der Waals surface area contributed by atoms with Gasteiger partial charge in [-0.3, -0.25) is 4.99 Å². The van der Waals surface area contributed by atoms with Crippen LogP contribution in [0.1, 0.15) is 35.1 Å². The highest BCUT2D eigenvalue weighted by molar-refractivity contribution is 7.89. The highest BCUT2D eigenvalue weighted by Gasteiger charge is 2.43. The molecule has 2 N–H and O–H groups in total. The first kappa shape index (κ1) is 24.7. The van der Waals surface area contributed by atoms with Crippen LogP contribution in [0, 0.1) is 13.8 Å². The number of hydrogen-bond acceptors (Lipinski definition) is 5. The van der Waals surface area contributed by atoms with Crippen LogP contribution < -0.4 is 10.6 Å². The van der Waals surface area contributed by atoms with Crippen molar-refractivity contribution in [2.24, 2.45) is 4.99 Å². The molecule has 0 bridgehead atoms. The first-order chi connectivity index (χ1) is 16.0. The fraction of sp³-hybridized carbons (Fsp3) is 0.458. The number of benzene rings is 2. The van der Waals surface area contributed by atoms with Crippen LogP contribution in [0.15, 0.2) is 52.4 Å². The van der Waals surface area contributed by atoms with E-state index in [1.54, 1.807) is 6.07 Å². The summed E-state index contributed by atoms with van der Waals surface area (Å²) in [7, 11) is -3.60. The van der Waals surface area contributed by atoms with Crippen molar-refractivity contribution in [2.45, 2.75) is 49.8 Å². The Morgan fingerprint density at radius 3 is 2.38 bits per heavy atom. The Labute approximate surface area is 198 Å². The quantitative estimate of drug-likeness (QED) is 0.681. The zero-order valence-corrected chi connectivity index (χ0v) is 20.1. The third-order valence-electron chi connectivity index (χ3n) is 6.56. The fourth-order valence-electron chi connectivity index (χ4n) is 4.67. The van der Waals surface area contributed by atoms with E-state index in [-0.39, 0.29) is 0 Å². The number of hydrogen-bond donors (Lipinski definition) is 2. The highest BCUT2D eigenvalue weighted by Crippen LogP contribution is 2.31. The molecule has 4 rings (SSSR count). The molecule has 1 spiro atoms. The van der Waals surface area contributed by atoms with Crippen LogP contribution in [0.5, 0.6) is 0 Å². The molecular formula is C24H29F3N4O2S. The Hall–Kier alpha value is -2.43. The van der Waals surface area contributed by atoms with E-state index in [4.69, 9.17) is 0 Å². The van der Waals surface area contributed by atoms with Gasteiger partial charge >= 0.3 is 6.18 Å². The van der Waals surface area contributed by atoms with E-state index in [2.05, 4.69) is 15.6 Å². The molecule has 2 aromatic rings. The number of sulfonamides is 1. The minimum Gasteiger partial charge on any atom is -0.368 e. The van der Waals surface area contributed by atoms with Crippen molar-refractivity contribution in [3.8, 4) is 0 Å². The second-order valence-electron chi connectivity index (χ2n) is 8.96. The molecule has 0 aliphatic carbocycles. The van der Waals surface area contributed by atoms with Crippen LogP contribution in [-0.2, 0) is 22.7 Å². The van der Waals surface area contributed by atoms with Crippen molar-refractivity contribution in [1.82, 2.24) is 14.9 Å². The normalized spacial score (nSPS) is 19.1. The third-order valence-corrected chi connectivity index (χ3v) is 8.62. The second-order valence-corrected chi connectivity index (χ2v) is 10.9. The van der Waals surface area contributed by atoms with Gasteiger partial charge in [-0.25, -0.2) is 8.42 Å². The molecular weight excluding hydrogens is 465 g/mol. The topological polar surface area (TPSA) is 73.8 Å². The van der Waals surface area contributed by atoms with Crippen LogP contribution in [0.4, 0.5) is 13.2 Å². The summed E-state index contributed by atoms with van der Waals surface area (Å²) in [4.78, 5) is 4.98. The second kappa shape index (κ2) is 9.31. The number of aliphatic imine (C=N–C) groups is 1. The molecule has 0 saturated carbocycles. The molecule has 0 unspecified atom stereocenters. The van der Waals surface area contributed by atoms with Crippen molar-refractivity contribution in [1.29, 1.82) is 0 Å². The maximum atomic E-state index is 13.3. The largest absolute Gasteiger partial charge is 0.416 e. The molecule has 2 heterocycles. The summed E-state index contributed by atoms with van der Waals surface area (Å²) in [5.41, 5.74) is 1.31. The van der Waals surface area contributed by atoms with Crippen molar-refractivity contribution in [3.63, 3.8) is 0 Å². The molecule has 0 atom stereocenters. The average molecular weight is 495 g/mol. The number of amidine groups is 1. The van der Waals surface area contributed by atoms with E-state index < -0.39 is 27.3 Å². The summed E-state index contributed by atoms with van der Waals surface area (Å²) in [5, 5.41) is 6.81. The van der Waals surface area contributed by atoms with E-state index in [1.165, 1.54) is 16.4 Å². The first-order valence-electron chi connectivity index (χ1n) is 11.3. The van der Waals surface area contributed by atoms with Crippen molar-refractivity contribution in [2.75, 3.05) is 26.2 Å². The van der Waals surface area contributed by atoms with E-state index in [1.807, 2.05) is 26.0 Å². The lowest BCUT2D eigenvalue weighted by Crippen LogP contribution is -2.64. The zero-order chi connectivity index (χ0) is 24.6. The number of nitrogens with zero attached hydrogens (tertiary/aromatic N) is 2. The zero-order valence-electron chi connectivity index (χ0n) is 19.2. The van der Waals surface area contributed by atoms with Gasteiger partial charge in [0.2, 0.25) is 10.0 Å². The molecule has 0 amide bonds. The number of alkyl halides is 3. The predicted octanol–water partition coefficient (Wildman–Crippen LogP) is 3.64. The number of halogens is 3. The summed E-state index contributed by atoms with van der Waals surface area (Å²) >= 11 is 0. The van der Waals surface area contributed by atoms with Gasteiger partial charge in [0.05, 0.1) is 22.5 Å². The minimum absolute atomic E-state index is 0.333. The molecule has 1 saturated heterocycles. The maximum Gasteiger partial charge on any atom is 0.416 e. The van der Waals surface area contributed by atoms with Gasteiger partial charge < -0.3 is 10.6 Å². The molecule has 6 nitrogen and oxygen atoms in total. The fourth-order valence-corrected chi connectivity index (χ4v) is 6.32. The Balaban J connectivity index is 1.44. The lowest BCUT2D eigenvalue weighted by molar-refractivity contribution is -0.137. The number of rotatable bonds is 4. The summed E-state index contributed by atoms with van der Waals surface area (Å²) in [6.07, 6.45) is -3.26. The minimum atomic E-state index is -4.36. The summed E-state index contributed by atoms with van der Waals surface area (Å²) < 4.78 is 66.5. The van der Waals surface area contributed by atoms with Crippen LogP contribution in [-0.4, -0.2) is 50.3 Å². The van der Waals surface area contributed by atoms with Gasteiger partial charge in [-0.1, -0.05) is 29.8 Å². The lowest BCUT2D eigenvalue weighted by atomic mass is 9.85. The lowest BCUT2D eigenvalue weighted by Gasteiger charge is -2.44. The average Bonchev–Trinajstić information content (AvgIpc) is 2.78. The van der Waals surface area contributed by atoms with Gasteiger partial charge in [0.25, 0.3) is 0 Å². The van der Waals surface area contributed by atoms with E-state index >= 15 is 0 Å². The Bertz CT molecular complexity index is 1170. The highest BCUT2D eigenvalue weighted by atomic mass is 32.2. The van der Waals surface area contributed by atoms with Crippen molar-refractivity contribution < 1.29 is 21.6 Å². The molecule has 34 heavy (non-hydrogen) atoms. The van der Waals surface area contributed by atoms with Gasteiger partial charge in [0.1, 0.15) is 5.84 Å². The number of nitrogens with one attached hydrogen (secondary N) is 2. The smallest absolute Gasteiger partial charge is 0.368 e. The molecule has 10 heteroatoms. The van der Waals surface area contributed by atoms with Crippen molar-refractivity contribution >= 4 is 15.9 Å². The van der Waals surface area contributed by atoms with Gasteiger partial charge in [0, 0.05) is 26.2 Å². The molecule has 0 aromatic heterocycles. The molecule has 2 aliphatic heterocycles. The van der Waals surface area contributed by atoms with Crippen LogP contribution >= 0.6 is 0 Å². The summed E-state index contributed by atoms with van der Waals surface area (Å²) in [5.74, 6) is 0.738. The summed E-state index contributed by atoms with van der Waals surface area (Å²) in [6, 6.07) is 10.4. The molecule has 2 aromatic carbocycles. The standard InChI is InChI=1S/C24H29F3N4O2S/c1-17-3-8-21(18(2)15-17)34(32,33)31-13-9-23(10-14-31)22(28-11-12-30-23)29-16-19-4-6-20(7-5-19)24(25,26)27/h3-8,15,30H,9-14,16H2,1-2H3,(H,28,29). The predicted molar refractivity (Wildman–Crippen MR) is 125 cm³/mol. The van der Waals surface area contributed by atoms with E-state index in [0.717, 1.165) is 29.1 Å². The van der Waals surface area contributed by atoms with E-state index in [0.29, 0.717) is 56.0 Å². The molecule has 1 fully saturated rings. The SMILES string of the molecule is Cc1ccc(S(=O)(=O)N2CCC3(CC2)NCCN=C3NCc2ccc(C(F)(F)F)cc2)c(C)c1. The Kier molecular flexibility index (Phi) is 6.76. The van der Waals surface area contributed by atoms with Gasteiger partial charge in [-0.05, 0) is 56.0 Å². The van der Waals surface area contributed by atoms with Gasteiger partial charge in [-0.2, -0.15) is 17.5 Å². The van der Waals surface area contributed by atoms with Gasteiger partial charge in [-0.15, -0.1) is 0 Å². The number of aryl methyl sites for hydroxylation is 2. The molecule has 2 aliphatic rings. The maximum absolute atomic E-state index is 13.3. The number of piperidine rings is 1. The summed E-state index contributed by atoms with van der Waals surface area (Å²) in [6.45, 7) is 6.06. The van der Waals surface area contributed by atoms with Crippen molar-refractivity contribution in [3.05, 3.63) is 64.7 Å². The van der Waals surface area contributed by atoms with Crippen LogP contribution in [0.3, 0.4) is 0 Å².